The lowest BCUT2D eigenvalue weighted by Crippen LogP contribution is -2.18. The predicted octanol–water partition coefficient (Wildman–Crippen LogP) is 3.95. The molecule has 3 aromatic carbocycles. The van der Waals surface area contributed by atoms with Gasteiger partial charge in [0.15, 0.2) is 0 Å². The second-order valence-electron chi connectivity index (χ2n) is 6.61. The number of amides is 2. The van der Waals surface area contributed by atoms with Gasteiger partial charge in [-0.3, -0.25) is 9.59 Å². The normalized spacial score (nSPS) is 13.6. The van der Waals surface area contributed by atoms with Crippen molar-refractivity contribution in [3.8, 4) is 0 Å². The summed E-state index contributed by atoms with van der Waals surface area (Å²) in [5.74, 6) is -0.102. The lowest BCUT2D eigenvalue weighted by Gasteiger charge is -2.05. The van der Waals surface area contributed by atoms with Gasteiger partial charge < -0.3 is 5.32 Å². The lowest BCUT2D eigenvalue weighted by atomic mass is 10.1. The van der Waals surface area contributed by atoms with E-state index in [2.05, 4.69) is 15.8 Å². The minimum absolute atomic E-state index is 0.0480. The SMILES string of the molecule is O=C(N/N=C/c1cccc2ccccc12)c1ccc(NC(=O)C2CC2)cc1. The summed E-state index contributed by atoms with van der Waals surface area (Å²) in [6.45, 7) is 0. The van der Waals surface area contributed by atoms with Gasteiger partial charge in [0, 0.05) is 22.7 Å². The van der Waals surface area contributed by atoms with Crippen LogP contribution in [0.1, 0.15) is 28.8 Å². The summed E-state index contributed by atoms with van der Waals surface area (Å²) in [6.07, 6.45) is 3.56. The number of benzene rings is 3. The van der Waals surface area contributed by atoms with E-state index in [0.717, 1.165) is 29.2 Å². The number of rotatable bonds is 5. The maximum atomic E-state index is 12.2. The standard InChI is InChI=1S/C22H19N3O2/c26-21(16-8-9-16)24-19-12-10-17(11-13-19)22(27)25-23-14-18-6-3-5-15-4-1-2-7-20(15)18/h1-7,10-14,16H,8-9H2,(H,24,26)(H,25,27)/b23-14+. The predicted molar refractivity (Wildman–Crippen MR) is 107 cm³/mol. The molecule has 0 aromatic heterocycles. The van der Waals surface area contributed by atoms with Crippen molar-refractivity contribution in [2.24, 2.45) is 11.0 Å². The third-order valence-corrected chi connectivity index (χ3v) is 4.56. The fraction of sp³-hybridized carbons (Fsp3) is 0.136. The van der Waals surface area contributed by atoms with Gasteiger partial charge in [0.25, 0.3) is 5.91 Å². The molecule has 4 rings (SSSR count). The second kappa shape index (κ2) is 7.41. The summed E-state index contributed by atoms with van der Waals surface area (Å²) in [7, 11) is 0. The molecule has 1 aliphatic carbocycles. The lowest BCUT2D eigenvalue weighted by molar-refractivity contribution is -0.117. The third kappa shape index (κ3) is 4.03. The Morgan fingerprint density at radius 2 is 1.67 bits per heavy atom. The van der Waals surface area contributed by atoms with Gasteiger partial charge >= 0.3 is 0 Å². The summed E-state index contributed by atoms with van der Waals surface area (Å²) in [5, 5.41) is 9.13. The first-order valence-corrected chi connectivity index (χ1v) is 8.93. The largest absolute Gasteiger partial charge is 0.326 e. The van der Waals surface area contributed by atoms with Gasteiger partial charge in [0.1, 0.15) is 0 Å². The Balaban J connectivity index is 1.39. The fourth-order valence-corrected chi connectivity index (χ4v) is 2.88. The molecule has 0 atom stereocenters. The van der Waals surface area contributed by atoms with Crippen molar-refractivity contribution in [1.29, 1.82) is 0 Å². The van der Waals surface area contributed by atoms with Crippen molar-refractivity contribution in [1.82, 2.24) is 5.43 Å². The van der Waals surface area contributed by atoms with Crippen LogP contribution in [0.4, 0.5) is 5.69 Å². The van der Waals surface area contributed by atoms with E-state index in [1.54, 1.807) is 30.5 Å². The average molecular weight is 357 g/mol. The molecule has 0 spiro atoms. The Hall–Kier alpha value is -3.47. The molecule has 5 nitrogen and oxygen atoms in total. The Morgan fingerprint density at radius 1 is 0.926 bits per heavy atom. The van der Waals surface area contributed by atoms with Crippen LogP contribution in [0.15, 0.2) is 71.8 Å². The van der Waals surface area contributed by atoms with Crippen LogP contribution in [-0.2, 0) is 4.79 Å². The summed E-state index contributed by atoms with van der Waals surface area (Å²) in [5.41, 5.74) is 4.66. The highest BCUT2D eigenvalue weighted by Gasteiger charge is 2.29. The zero-order valence-electron chi connectivity index (χ0n) is 14.7. The topological polar surface area (TPSA) is 70.6 Å². The van der Waals surface area contributed by atoms with Gasteiger partial charge in [-0.25, -0.2) is 5.43 Å². The van der Waals surface area contributed by atoms with Crippen LogP contribution in [0.3, 0.4) is 0 Å². The van der Waals surface area contributed by atoms with Gasteiger partial charge in [0.05, 0.1) is 6.21 Å². The van der Waals surface area contributed by atoms with E-state index in [-0.39, 0.29) is 17.7 Å². The van der Waals surface area contributed by atoms with E-state index in [4.69, 9.17) is 0 Å². The smallest absolute Gasteiger partial charge is 0.271 e. The molecule has 2 N–H and O–H groups in total. The molecule has 5 heteroatoms. The number of hydrogen-bond acceptors (Lipinski definition) is 3. The zero-order valence-corrected chi connectivity index (χ0v) is 14.7. The van der Waals surface area contributed by atoms with E-state index in [1.807, 2.05) is 42.5 Å². The molecule has 0 aliphatic heterocycles. The van der Waals surface area contributed by atoms with Crippen molar-refractivity contribution < 1.29 is 9.59 Å². The molecular weight excluding hydrogens is 338 g/mol. The maximum Gasteiger partial charge on any atom is 0.271 e. The van der Waals surface area contributed by atoms with E-state index in [9.17, 15) is 9.59 Å². The van der Waals surface area contributed by atoms with Crippen LogP contribution < -0.4 is 10.7 Å². The Bertz CT molecular complexity index is 1020. The van der Waals surface area contributed by atoms with Crippen LogP contribution >= 0.6 is 0 Å². The molecule has 0 heterocycles. The zero-order chi connectivity index (χ0) is 18.6. The first-order chi connectivity index (χ1) is 13.2. The number of fused-ring (bicyclic) bond motifs is 1. The molecular formula is C22H19N3O2. The van der Waals surface area contributed by atoms with Gasteiger partial charge in [-0.15, -0.1) is 0 Å². The summed E-state index contributed by atoms with van der Waals surface area (Å²) >= 11 is 0. The monoisotopic (exact) mass is 357 g/mol. The van der Waals surface area contributed by atoms with Gasteiger partial charge in [-0.1, -0.05) is 42.5 Å². The maximum absolute atomic E-state index is 12.2. The van der Waals surface area contributed by atoms with Crippen molar-refractivity contribution in [2.45, 2.75) is 12.8 Å². The van der Waals surface area contributed by atoms with E-state index in [1.165, 1.54) is 0 Å². The highest BCUT2D eigenvalue weighted by atomic mass is 16.2. The molecule has 0 radical (unpaired) electrons. The number of carbonyl (C=O) groups excluding carboxylic acids is 2. The van der Waals surface area contributed by atoms with Crippen molar-refractivity contribution in [3.05, 3.63) is 77.9 Å². The van der Waals surface area contributed by atoms with Crippen LogP contribution in [0.2, 0.25) is 0 Å². The molecule has 0 unspecified atom stereocenters. The minimum atomic E-state index is -0.299. The quantitative estimate of drug-likeness (QED) is 0.536. The molecule has 1 aliphatic rings. The van der Waals surface area contributed by atoms with Crippen LogP contribution in [-0.4, -0.2) is 18.0 Å². The van der Waals surface area contributed by atoms with Gasteiger partial charge in [0.2, 0.25) is 5.91 Å². The summed E-state index contributed by atoms with van der Waals surface area (Å²) in [4.78, 5) is 24.0. The number of carbonyl (C=O) groups is 2. The minimum Gasteiger partial charge on any atom is -0.326 e. The number of hydrazone groups is 1. The molecule has 2 amide bonds. The Kier molecular flexibility index (Phi) is 4.66. The van der Waals surface area contributed by atoms with Crippen LogP contribution in [0, 0.1) is 5.92 Å². The Labute approximate surface area is 157 Å². The van der Waals surface area contributed by atoms with E-state index < -0.39 is 0 Å². The average Bonchev–Trinajstić information content (AvgIpc) is 3.54. The van der Waals surface area contributed by atoms with Crippen LogP contribution in [0.25, 0.3) is 10.8 Å². The highest BCUT2D eigenvalue weighted by Crippen LogP contribution is 2.30. The molecule has 0 bridgehead atoms. The fourth-order valence-electron chi connectivity index (χ4n) is 2.88. The first kappa shape index (κ1) is 17.0. The van der Waals surface area contributed by atoms with E-state index in [0.29, 0.717) is 11.3 Å². The molecule has 0 saturated heterocycles. The van der Waals surface area contributed by atoms with Crippen LogP contribution in [0.5, 0.6) is 0 Å². The molecule has 27 heavy (non-hydrogen) atoms. The number of hydrogen-bond donors (Lipinski definition) is 2. The summed E-state index contributed by atoms with van der Waals surface area (Å²) in [6, 6.07) is 20.8. The van der Waals surface area contributed by atoms with Gasteiger partial charge in [-0.2, -0.15) is 5.10 Å². The second-order valence-corrected chi connectivity index (χ2v) is 6.61. The third-order valence-electron chi connectivity index (χ3n) is 4.56. The number of anilines is 1. The summed E-state index contributed by atoms with van der Waals surface area (Å²) < 4.78 is 0. The number of nitrogens with one attached hydrogen (secondary N) is 2. The molecule has 134 valence electrons. The van der Waals surface area contributed by atoms with Gasteiger partial charge in [-0.05, 0) is 47.9 Å². The highest BCUT2D eigenvalue weighted by molar-refractivity contribution is 6.01. The van der Waals surface area contributed by atoms with Crippen molar-refractivity contribution >= 4 is 34.5 Å². The molecule has 1 fully saturated rings. The molecule has 3 aromatic rings. The van der Waals surface area contributed by atoms with Crippen molar-refractivity contribution in [3.63, 3.8) is 0 Å². The Morgan fingerprint density at radius 3 is 2.44 bits per heavy atom. The van der Waals surface area contributed by atoms with E-state index >= 15 is 0 Å². The molecule has 1 saturated carbocycles. The first-order valence-electron chi connectivity index (χ1n) is 8.93. The van der Waals surface area contributed by atoms with Crippen molar-refractivity contribution in [2.75, 3.05) is 5.32 Å². The number of nitrogens with zero attached hydrogens (tertiary/aromatic N) is 1.